The predicted octanol–water partition coefficient (Wildman–Crippen LogP) is 1.93. The Labute approximate surface area is 122 Å². The molecule has 0 bridgehead atoms. The third-order valence-corrected chi connectivity index (χ3v) is 3.93. The molecule has 0 atom stereocenters. The highest BCUT2D eigenvalue weighted by atomic mass is 35.5. The standard InChI is InChI=1S/C12H16Cl2N4O/c1-16-12(19)7-2-4-18(5-3-7)11-9(14)6-8(13)10(15)17-11/h6-7H,2-5H2,1H3,(H2,15,17)(H,16,19). The fraction of sp³-hybridized carbons (Fsp3) is 0.500. The van der Waals surface area contributed by atoms with Crippen LogP contribution in [0.3, 0.4) is 0 Å². The molecule has 7 heteroatoms. The lowest BCUT2D eigenvalue weighted by atomic mass is 9.96. The molecule has 0 unspecified atom stereocenters. The fourth-order valence-corrected chi connectivity index (χ4v) is 2.73. The Hall–Kier alpha value is -1.20. The highest BCUT2D eigenvalue weighted by Crippen LogP contribution is 2.32. The zero-order valence-electron chi connectivity index (χ0n) is 10.6. The molecule has 2 heterocycles. The molecule has 104 valence electrons. The molecule has 0 saturated carbocycles. The van der Waals surface area contributed by atoms with E-state index in [0.717, 1.165) is 25.9 Å². The predicted molar refractivity (Wildman–Crippen MR) is 77.7 cm³/mol. The van der Waals surface area contributed by atoms with Gasteiger partial charge in [-0.25, -0.2) is 4.98 Å². The minimum atomic E-state index is 0.0599. The molecule has 1 aliphatic heterocycles. The third-order valence-electron chi connectivity index (χ3n) is 3.35. The quantitative estimate of drug-likeness (QED) is 0.876. The van der Waals surface area contributed by atoms with Crippen molar-refractivity contribution in [2.75, 3.05) is 30.8 Å². The number of carbonyl (C=O) groups excluding carboxylic acids is 1. The van der Waals surface area contributed by atoms with E-state index in [-0.39, 0.29) is 17.6 Å². The number of amides is 1. The number of nitrogens with two attached hydrogens (primary N) is 1. The van der Waals surface area contributed by atoms with Gasteiger partial charge in [-0.2, -0.15) is 0 Å². The number of nitrogen functional groups attached to an aromatic ring is 1. The first-order chi connectivity index (χ1) is 9.02. The molecule has 0 spiro atoms. The molecule has 0 aromatic carbocycles. The van der Waals surface area contributed by atoms with Crippen LogP contribution in [0.15, 0.2) is 6.07 Å². The Kier molecular flexibility index (Phi) is 4.37. The van der Waals surface area contributed by atoms with Gasteiger partial charge in [-0.3, -0.25) is 4.79 Å². The normalized spacial score (nSPS) is 16.5. The number of hydrogen-bond acceptors (Lipinski definition) is 4. The second-order valence-electron chi connectivity index (χ2n) is 4.54. The fourth-order valence-electron chi connectivity index (χ4n) is 2.25. The van der Waals surface area contributed by atoms with E-state index in [9.17, 15) is 4.79 Å². The summed E-state index contributed by atoms with van der Waals surface area (Å²) in [6, 6.07) is 1.60. The van der Waals surface area contributed by atoms with E-state index in [1.54, 1.807) is 13.1 Å². The van der Waals surface area contributed by atoms with Gasteiger partial charge in [0.05, 0.1) is 10.0 Å². The van der Waals surface area contributed by atoms with Crippen molar-refractivity contribution in [3.63, 3.8) is 0 Å². The van der Waals surface area contributed by atoms with Crippen LogP contribution in [-0.2, 0) is 4.79 Å². The summed E-state index contributed by atoms with van der Waals surface area (Å²) in [6.07, 6.45) is 1.56. The number of hydrogen-bond donors (Lipinski definition) is 2. The summed E-state index contributed by atoms with van der Waals surface area (Å²) in [6.45, 7) is 1.46. The second-order valence-corrected chi connectivity index (χ2v) is 5.35. The van der Waals surface area contributed by atoms with E-state index in [1.165, 1.54) is 0 Å². The first kappa shape index (κ1) is 14.2. The van der Waals surface area contributed by atoms with Gasteiger partial charge in [0.1, 0.15) is 11.6 Å². The Bertz CT molecular complexity index is 487. The Morgan fingerprint density at radius 1 is 1.42 bits per heavy atom. The van der Waals surface area contributed by atoms with E-state index in [0.29, 0.717) is 15.9 Å². The molecule has 1 aromatic rings. The average molecular weight is 303 g/mol. The number of piperidine rings is 1. The summed E-state index contributed by atoms with van der Waals surface area (Å²) < 4.78 is 0. The molecular weight excluding hydrogens is 287 g/mol. The number of rotatable bonds is 2. The molecule has 1 amide bonds. The highest BCUT2D eigenvalue weighted by molar-refractivity contribution is 6.37. The van der Waals surface area contributed by atoms with Crippen LogP contribution in [0.25, 0.3) is 0 Å². The topological polar surface area (TPSA) is 71.2 Å². The van der Waals surface area contributed by atoms with Gasteiger partial charge in [-0.1, -0.05) is 23.2 Å². The van der Waals surface area contributed by atoms with Crippen molar-refractivity contribution in [3.05, 3.63) is 16.1 Å². The number of anilines is 2. The minimum absolute atomic E-state index is 0.0599. The van der Waals surface area contributed by atoms with Crippen LogP contribution in [0.1, 0.15) is 12.8 Å². The minimum Gasteiger partial charge on any atom is -0.382 e. The zero-order chi connectivity index (χ0) is 14.0. The third kappa shape index (κ3) is 3.04. The number of pyridine rings is 1. The van der Waals surface area contributed by atoms with Crippen LogP contribution in [0.5, 0.6) is 0 Å². The summed E-state index contributed by atoms with van der Waals surface area (Å²) in [5.41, 5.74) is 5.70. The molecular formula is C12H16Cl2N4O. The van der Waals surface area contributed by atoms with E-state index >= 15 is 0 Å². The van der Waals surface area contributed by atoms with Gasteiger partial charge in [-0.15, -0.1) is 0 Å². The van der Waals surface area contributed by atoms with Gasteiger partial charge in [0.2, 0.25) is 5.91 Å². The van der Waals surface area contributed by atoms with E-state index in [2.05, 4.69) is 10.3 Å². The van der Waals surface area contributed by atoms with Gasteiger partial charge in [0.25, 0.3) is 0 Å². The Morgan fingerprint density at radius 2 is 2.05 bits per heavy atom. The number of aromatic nitrogens is 1. The maximum absolute atomic E-state index is 11.6. The van der Waals surface area contributed by atoms with Crippen molar-refractivity contribution in [2.45, 2.75) is 12.8 Å². The van der Waals surface area contributed by atoms with Gasteiger partial charge < -0.3 is 16.0 Å². The largest absolute Gasteiger partial charge is 0.382 e. The Morgan fingerprint density at radius 3 is 2.63 bits per heavy atom. The lowest BCUT2D eigenvalue weighted by molar-refractivity contribution is -0.125. The number of halogens is 2. The molecule has 19 heavy (non-hydrogen) atoms. The van der Waals surface area contributed by atoms with Crippen LogP contribution in [0.4, 0.5) is 11.6 Å². The summed E-state index contributed by atoms with van der Waals surface area (Å²) >= 11 is 12.0. The van der Waals surface area contributed by atoms with Crippen LogP contribution >= 0.6 is 23.2 Å². The van der Waals surface area contributed by atoms with Crippen LogP contribution in [-0.4, -0.2) is 31.0 Å². The second kappa shape index (κ2) is 5.84. The lowest BCUT2D eigenvalue weighted by Gasteiger charge is -2.32. The molecule has 1 aliphatic rings. The van der Waals surface area contributed by atoms with E-state index in [1.807, 2.05) is 4.90 Å². The monoisotopic (exact) mass is 302 g/mol. The first-order valence-corrected chi connectivity index (χ1v) is 6.86. The number of carbonyl (C=O) groups is 1. The molecule has 3 N–H and O–H groups in total. The SMILES string of the molecule is CNC(=O)C1CCN(c2nc(N)c(Cl)cc2Cl)CC1. The lowest BCUT2D eigenvalue weighted by Crippen LogP contribution is -2.40. The van der Waals surface area contributed by atoms with Crippen molar-refractivity contribution >= 4 is 40.7 Å². The van der Waals surface area contributed by atoms with Gasteiger partial charge >= 0.3 is 0 Å². The first-order valence-electron chi connectivity index (χ1n) is 6.11. The Balaban J connectivity index is 2.10. The molecule has 1 aromatic heterocycles. The molecule has 1 saturated heterocycles. The summed E-state index contributed by atoms with van der Waals surface area (Å²) in [4.78, 5) is 17.8. The number of nitrogens with zero attached hydrogens (tertiary/aromatic N) is 2. The van der Waals surface area contributed by atoms with Crippen molar-refractivity contribution in [1.29, 1.82) is 0 Å². The van der Waals surface area contributed by atoms with E-state index in [4.69, 9.17) is 28.9 Å². The average Bonchev–Trinajstić information content (AvgIpc) is 2.42. The van der Waals surface area contributed by atoms with Crippen molar-refractivity contribution in [1.82, 2.24) is 10.3 Å². The van der Waals surface area contributed by atoms with Crippen LogP contribution in [0, 0.1) is 5.92 Å². The maximum Gasteiger partial charge on any atom is 0.222 e. The molecule has 5 nitrogen and oxygen atoms in total. The van der Waals surface area contributed by atoms with E-state index < -0.39 is 0 Å². The molecule has 0 radical (unpaired) electrons. The van der Waals surface area contributed by atoms with Crippen molar-refractivity contribution < 1.29 is 4.79 Å². The van der Waals surface area contributed by atoms with Gasteiger partial charge in [0.15, 0.2) is 0 Å². The zero-order valence-corrected chi connectivity index (χ0v) is 12.1. The summed E-state index contributed by atoms with van der Waals surface area (Å²) in [5, 5.41) is 3.52. The molecule has 2 rings (SSSR count). The maximum atomic E-state index is 11.6. The van der Waals surface area contributed by atoms with Crippen molar-refractivity contribution in [2.24, 2.45) is 5.92 Å². The smallest absolute Gasteiger partial charge is 0.222 e. The molecule has 1 fully saturated rings. The molecule has 0 aliphatic carbocycles. The summed E-state index contributed by atoms with van der Waals surface area (Å²) in [7, 11) is 1.66. The van der Waals surface area contributed by atoms with Crippen molar-refractivity contribution in [3.8, 4) is 0 Å². The van der Waals surface area contributed by atoms with Gasteiger partial charge in [0, 0.05) is 26.1 Å². The van der Waals surface area contributed by atoms with Crippen LogP contribution < -0.4 is 16.0 Å². The summed E-state index contributed by atoms with van der Waals surface area (Å²) in [5.74, 6) is 1.06. The number of nitrogens with one attached hydrogen (secondary N) is 1. The van der Waals surface area contributed by atoms with Crippen LogP contribution in [0.2, 0.25) is 10.0 Å². The highest BCUT2D eigenvalue weighted by Gasteiger charge is 2.26. The van der Waals surface area contributed by atoms with Gasteiger partial charge in [-0.05, 0) is 18.9 Å².